The number of rotatable bonds is 3. The molecule has 4 rings (SSSR count). The van der Waals surface area contributed by atoms with E-state index in [1.54, 1.807) is 24.3 Å². The zero-order chi connectivity index (χ0) is 23.4. The SMILES string of the molecule is COC(=O)CN1C(=O)[C@]2(C(C(=O)OC)=C(N)OC3=C2C(=O)CC(C)(C)C3)c2ccccc21. The largest absolute Gasteiger partial charge is 0.468 e. The van der Waals surface area contributed by atoms with Gasteiger partial charge < -0.3 is 19.9 Å². The number of ether oxygens (including phenoxy) is 3. The highest BCUT2D eigenvalue weighted by molar-refractivity contribution is 6.24. The van der Waals surface area contributed by atoms with E-state index in [0.717, 1.165) is 7.11 Å². The van der Waals surface area contributed by atoms with Crippen LogP contribution in [0.25, 0.3) is 0 Å². The molecule has 9 nitrogen and oxygen atoms in total. The topological polar surface area (TPSA) is 125 Å². The van der Waals surface area contributed by atoms with E-state index in [2.05, 4.69) is 0 Å². The third-order valence-corrected chi connectivity index (χ3v) is 6.13. The van der Waals surface area contributed by atoms with Crippen LogP contribution in [0.4, 0.5) is 5.69 Å². The number of hydrogen-bond donors (Lipinski definition) is 1. The number of nitrogens with two attached hydrogens (primary N) is 1. The number of benzene rings is 1. The fraction of sp³-hybridized carbons (Fsp3) is 0.391. The van der Waals surface area contributed by atoms with E-state index in [9.17, 15) is 19.2 Å². The predicted molar refractivity (Wildman–Crippen MR) is 112 cm³/mol. The van der Waals surface area contributed by atoms with Crippen molar-refractivity contribution in [2.45, 2.75) is 32.1 Å². The van der Waals surface area contributed by atoms with Gasteiger partial charge in [-0.25, -0.2) is 4.79 Å². The van der Waals surface area contributed by atoms with Gasteiger partial charge in [-0.05, 0) is 11.5 Å². The molecule has 0 unspecified atom stereocenters. The van der Waals surface area contributed by atoms with Gasteiger partial charge >= 0.3 is 11.9 Å². The molecule has 1 amide bonds. The number of Topliss-reactive ketones (excluding diaryl/α,β-unsaturated/α-hetero) is 1. The number of ketones is 1. The summed E-state index contributed by atoms with van der Waals surface area (Å²) in [6, 6.07) is 6.67. The van der Waals surface area contributed by atoms with Gasteiger partial charge in [-0.3, -0.25) is 19.3 Å². The number of fused-ring (bicyclic) bond motifs is 3. The molecule has 2 heterocycles. The summed E-state index contributed by atoms with van der Waals surface area (Å²) in [5.41, 5.74) is 4.44. The summed E-state index contributed by atoms with van der Waals surface area (Å²) in [4.78, 5) is 53.9. The van der Waals surface area contributed by atoms with Crippen molar-refractivity contribution in [1.29, 1.82) is 0 Å². The maximum Gasteiger partial charge on any atom is 0.340 e. The van der Waals surface area contributed by atoms with Crippen LogP contribution in [0.2, 0.25) is 0 Å². The summed E-state index contributed by atoms with van der Waals surface area (Å²) in [5.74, 6) is -2.58. The lowest BCUT2D eigenvalue weighted by Gasteiger charge is -2.42. The molecule has 1 atom stereocenters. The van der Waals surface area contributed by atoms with Crippen LogP contribution in [-0.2, 0) is 38.8 Å². The highest BCUT2D eigenvalue weighted by Gasteiger charge is 2.64. The number of esters is 2. The number of allylic oxidation sites excluding steroid dienone is 1. The summed E-state index contributed by atoms with van der Waals surface area (Å²) < 4.78 is 15.5. The third kappa shape index (κ3) is 2.84. The van der Waals surface area contributed by atoms with Gasteiger partial charge in [0.1, 0.15) is 23.3 Å². The predicted octanol–water partition coefficient (Wildman–Crippen LogP) is 1.46. The molecule has 9 heteroatoms. The molecule has 1 aliphatic carbocycles. The molecule has 0 bridgehead atoms. The van der Waals surface area contributed by atoms with E-state index in [4.69, 9.17) is 19.9 Å². The van der Waals surface area contributed by atoms with Crippen LogP contribution in [0.1, 0.15) is 32.3 Å². The Bertz CT molecular complexity index is 1130. The smallest absolute Gasteiger partial charge is 0.340 e. The average Bonchev–Trinajstić information content (AvgIpc) is 2.95. The molecule has 1 aromatic carbocycles. The van der Waals surface area contributed by atoms with Gasteiger partial charge in [0, 0.05) is 24.1 Å². The van der Waals surface area contributed by atoms with Gasteiger partial charge in [-0.15, -0.1) is 0 Å². The van der Waals surface area contributed by atoms with Crippen LogP contribution >= 0.6 is 0 Å². The molecule has 0 saturated heterocycles. The van der Waals surface area contributed by atoms with E-state index < -0.39 is 35.2 Å². The van der Waals surface area contributed by atoms with Crippen molar-refractivity contribution in [2.24, 2.45) is 11.1 Å². The van der Waals surface area contributed by atoms with Crippen LogP contribution in [-0.4, -0.2) is 44.4 Å². The first kappa shape index (κ1) is 21.6. The van der Waals surface area contributed by atoms with Crippen molar-refractivity contribution in [1.82, 2.24) is 0 Å². The number of amides is 1. The molecular weight excluding hydrogens is 416 g/mol. The Morgan fingerprint density at radius 3 is 2.47 bits per heavy atom. The summed E-state index contributed by atoms with van der Waals surface area (Å²) >= 11 is 0. The van der Waals surface area contributed by atoms with Crippen molar-refractivity contribution in [3.63, 3.8) is 0 Å². The zero-order valence-electron chi connectivity index (χ0n) is 18.3. The maximum absolute atomic E-state index is 14.1. The lowest BCUT2D eigenvalue weighted by molar-refractivity contribution is -0.140. The molecule has 2 N–H and O–H groups in total. The summed E-state index contributed by atoms with van der Waals surface area (Å²) in [7, 11) is 2.37. The Kier molecular flexibility index (Phi) is 4.87. The molecule has 0 radical (unpaired) electrons. The summed E-state index contributed by atoms with van der Waals surface area (Å²) in [5, 5.41) is 0. The van der Waals surface area contributed by atoms with E-state index >= 15 is 0 Å². The van der Waals surface area contributed by atoms with Gasteiger partial charge in [0.25, 0.3) is 0 Å². The van der Waals surface area contributed by atoms with Gasteiger partial charge in [0.2, 0.25) is 11.8 Å². The van der Waals surface area contributed by atoms with Gasteiger partial charge in [0.15, 0.2) is 5.78 Å². The molecule has 0 saturated carbocycles. The molecule has 168 valence electrons. The lowest BCUT2D eigenvalue weighted by atomic mass is 9.62. The van der Waals surface area contributed by atoms with Gasteiger partial charge in [-0.2, -0.15) is 0 Å². The highest BCUT2D eigenvalue weighted by Crippen LogP contribution is 2.57. The van der Waals surface area contributed by atoms with E-state index in [1.165, 1.54) is 12.0 Å². The van der Waals surface area contributed by atoms with Crippen LogP contribution in [0.15, 0.2) is 47.1 Å². The number of methoxy groups -OCH3 is 2. The van der Waals surface area contributed by atoms with Gasteiger partial charge in [0.05, 0.1) is 19.8 Å². The first-order valence-corrected chi connectivity index (χ1v) is 10.1. The Balaban J connectivity index is 2.07. The number of anilines is 1. The Hall–Kier alpha value is -3.62. The number of hydrogen-bond acceptors (Lipinski definition) is 8. The highest BCUT2D eigenvalue weighted by atomic mass is 16.5. The molecular formula is C23H24N2O7. The molecule has 2 aliphatic heterocycles. The van der Waals surface area contributed by atoms with Crippen molar-refractivity contribution in [3.8, 4) is 0 Å². The van der Waals surface area contributed by atoms with Crippen molar-refractivity contribution in [2.75, 3.05) is 25.7 Å². The molecule has 1 aromatic rings. The van der Waals surface area contributed by atoms with Crippen LogP contribution < -0.4 is 10.6 Å². The van der Waals surface area contributed by atoms with Crippen LogP contribution in [0.3, 0.4) is 0 Å². The number of carbonyl (C=O) groups excluding carboxylic acids is 4. The van der Waals surface area contributed by atoms with Gasteiger partial charge in [-0.1, -0.05) is 32.0 Å². The lowest BCUT2D eigenvalue weighted by Crippen LogP contribution is -2.52. The standard InChI is InChI=1S/C23H24N2O7/c1-22(2)9-14(26)17-15(10-22)32-19(24)18(20(28)31-4)23(17)12-7-5-6-8-13(12)25(21(23)29)11-16(27)30-3/h5-8H,9-11,24H2,1-4H3/t23-/m1/s1. The van der Waals surface area contributed by atoms with E-state index in [1.807, 2.05) is 13.8 Å². The van der Waals surface area contributed by atoms with Crippen LogP contribution in [0, 0.1) is 5.41 Å². The minimum Gasteiger partial charge on any atom is -0.468 e. The molecule has 0 fully saturated rings. The first-order valence-electron chi connectivity index (χ1n) is 10.1. The average molecular weight is 440 g/mol. The zero-order valence-corrected chi connectivity index (χ0v) is 18.3. The fourth-order valence-corrected chi connectivity index (χ4v) is 4.91. The number of nitrogens with zero attached hydrogens (tertiary/aromatic N) is 1. The Labute approximate surface area is 184 Å². The van der Waals surface area contributed by atoms with Crippen molar-refractivity contribution < 1.29 is 33.4 Å². The number of carbonyl (C=O) groups is 4. The second-order valence-electron chi connectivity index (χ2n) is 8.81. The van der Waals surface area contributed by atoms with Crippen molar-refractivity contribution >= 4 is 29.3 Å². The van der Waals surface area contributed by atoms with Crippen molar-refractivity contribution in [3.05, 3.63) is 52.6 Å². The number of para-hydroxylation sites is 1. The Morgan fingerprint density at radius 1 is 1.12 bits per heavy atom. The summed E-state index contributed by atoms with van der Waals surface area (Å²) in [6.07, 6.45) is 0.495. The Morgan fingerprint density at radius 2 is 1.81 bits per heavy atom. The fourth-order valence-electron chi connectivity index (χ4n) is 4.91. The molecule has 0 aromatic heterocycles. The minimum absolute atomic E-state index is 0.0660. The minimum atomic E-state index is -1.87. The quantitative estimate of drug-likeness (QED) is 0.701. The second-order valence-corrected chi connectivity index (χ2v) is 8.81. The van der Waals surface area contributed by atoms with E-state index in [0.29, 0.717) is 17.7 Å². The normalized spacial score (nSPS) is 23.7. The maximum atomic E-state index is 14.1. The molecule has 3 aliphatic rings. The third-order valence-electron chi connectivity index (χ3n) is 6.13. The van der Waals surface area contributed by atoms with E-state index in [-0.39, 0.29) is 35.0 Å². The second kappa shape index (κ2) is 7.22. The monoisotopic (exact) mass is 440 g/mol. The first-order chi connectivity index (χ1) is 15.1. The molecule has 32 heavy (non-hydrogen) atoms. The summed E-state index contributed by atoms with van der Waals surface area (Å²) in [6.45, 7) is 3.43. The molecule has 1 spiro atoms. The van der Waals surface area contributed by atoms with Crippen LogP contribution in [0.5, 0.6) is 0 Å².